The Kier molecular flexibility index (Phi) is 4.47. The van der Waals surface area contributed by atoms with Crippen molar-refractivity contribution in [3.8, 4) is 0 Å². The van der Waals surface area contributed by atoms with Gasteiger partial charge in [0.25, 0.3) is 0 Å². The van der Waals surface area contributed by atoms with Crippen LogP contribution in [0.25, 0.3) is 0 Å². The van der Waals surface area contributed by atoms with Crippen LogP contribution in [0.2, 0.25) is 0 Å². The molecule has 2 rings (SSSR count). The quantitative estimate of drug-likeness (QED) is 0.824. The number of amides is 1. The van der Waals surface area contributed by atoms with Gasteiger partial charge < -0.3 is 15.6 Å². The fraction of sp³-hybridized carbons (Fsp3) is 0.214. The number of rotatable bonds is 5. The summed E-state index contributed by atoms with van der Waals surface area (Å²) in [6, 6.07) is 7.20. The van der Waals surface area contributed by atoms with Gasteiger partial charge in [-0.25, -0.2) is 4.98 Å². The predicted octanol–water partition coefficient (Wildman–Crippen LogP) is 1.85. The largest absolute Gasteiger partial charge is 0.389 e. The van der Waals surface area contributed by atoms with E-state index in [1.165, 1.54) is 0 Å². The SMILES string of the molecule is Cc1nccn1CCC(=O)Nc1cccc(C(N)=S)c1. The molecule has 20 heavy (non-hydrogen) atoms. The average Bonchev–Trinajstić information content (AvgIpc) is 2.82. The first-order valence-corrected chi connectivity index (χ1v) is 6.64. The lowest BCUT2D eigenvalue weighted by Gasteiger charge is -2.08. The second-order valence-corrected chi connectivity index (χ2v) is 4.85. The van der Waals surface area contributed by atoms with Crippen LogP contribution in [0, 0.1) is 6.92 Å². The number of carbonyl (C=O) groups excluding carboxylic acids is 1. The van der Waals surface area contributed by atoms with Crippen LogP contribution in [0.5, 0.6) is 0 Å². The highest BCUT2D eigenvalue weighted by Gasteiger charge is 2.05. The maximum absolute atomic E-state index is 11.9. The van der Waals surface area contributed by atoms with E-state index in [0.717, 1.165) is 11.4 Å². The summed E-state index contributed by atoms with van der Waals surface area (Å²) in [5, 5.41) is 2.83. The predicted molar refractivity (Wildman–Crippen MR) is 82.5 cm³/mol. The number of carbonyl (C=O) groups is 1. The summed E-state index contributed by atoms with van der Waals surface area (Å²) in [6.07, 6.45) is 3.96. The fourth-order valence-electron chi connectivity index (χ4n) is 1.84. The molecule has 0 saturated carbocycles. The number of nitrogens with zero attached hydrogens (tertiary/aromatic N) is 2. The van der Waals surface area contributed by atoms with Crippen LogP contribution in [0.1, 0.15) is 17.8 Å². The first kappa shape index (κ1) is 14.2. The number of imidazole rings is 1. The molecule has 3 N–H and O–H groups in total. The molecule has 104 valence electrons. The van der Waals surface area contributed by atoms with Crippen molar-refractivity contribution in [1.82, 2.24) is 9.55 Å². The van der Waals surface area contributed by atoms with Gasteiger partial charge in [0.15, 0.2) is 0 Å². The third-order valence-corrected chi connectivity index (χ3v) is 3.17. The number of aryl methyl sites for hydroxylation is 2. The van der Waals surface area contributed by atoms with Crippen LogP contribution in [0.15, 0.2) is 36.7 Å². The molecule has 0 saturated heterocycles. The summed E-state index contributed by atoms with van der Waals surface area (Å²) in [7, 11) is 0. The normalized spacial score (nSPS) is 10.2. The van der Waals surface area contributed by atoms with Crippen molar-refractivity contribution < 1.29 is 4.79 Å². The Morgan fingerprint density at radius 1 is 1.50 bits per heavy atom. The lowest BCUT2D eigenvalue weighted by Crippen LogP contribution is -2.15. The zero-order valence-corrected chi connectivity index (χ0v) is 12.0. The Hall–Kier alpha value is -2.21. The highest BCUT2D eigenvalue weighted by Crippen LogP contribution is 2.11. The molecule has 1 aromatic heterocycles. The number of nitrogens with one attached hydrogen (secondary N) is 1. The summed E-state index contributed by atoms with van der Waals surface area (Å²) in [6.45, 7) is 2.51. The number of benzene rings is 1. The van der Waals surface area contributed by atoms with E-state index >= 15 is 0 Å². The first-order valence-electron chi connectivity index (χ1n) is 6.24. The van der Waals surface area contributed by atoms with Crippen LogP contribution in [0.4, 0.5) is 5.69 Å². The Labute approximate surface area is 122 Å². The average molecular weight is 288 g/mol. The van der Waals surface area contributed by atoms with Crippen molar-refractivity contribution in [1.29, 1.82) is 0 Å². The number of thiocarbonyl (C=S) groups is 1. The molecule has 0 aliphatic rings. The topological polar surface area (TPSA) is 72.9 Å². The molecule has 0 bridgehead atoms. The summed E-state index contributed by atoms with van der Waals surface area (Å²) in [5.74, 6) is 0.839. The Bertz CT molecular complexity index is 636. The van der Waals surface area contributed by atoms with E-state index in [-0.39, 0.29) is 5.91 Å². The lowest BCUT2D eigenvalue weighted by atomic mass is 10.2. The highest BCUT2D eigenvalue weighted by molar-refractivity contribution is 7.80. The van der Waals surface area contributed by atoms with Gasteiger partial charge in [0, 0.05) is 36.6 Å². The van der Waals surface area contributed by atoms with E-state index in [0.29, 0.717) is 23.6 Å². The van der Waals surface area contributed by atoms with Crippen LogP contribution in [-0.4, -0.2) is 20.4 Å². The molecule has 6 heteroatoms. The number of hydrogen-bond acceptors (Lipinski definition) is 3. The van der Waals surface area contributed by atoms with Gasteiger partial charge in [-0.15, -0.1) is 0 Å². The molecule has 0 spiro atoms. The number of anilines is 1. The number of nitrogens with two attached hydrogens (primary N) is 1. The number of aromatic nitrogens is 2. The molecule has 0 unspecified atom stereocenters. The fourth-order valence-corrected chi connectivity index (χ4v) is 1.96. The van der Waals surface area contributed by atoms with Gasteiger partial charge in [0.1, 0.15) is 10.8 Å². The molecule has 1 heterocycles. The molecule has 0 radical (unpaired) electrons. The smallest absolute Gasteiger partial charge is 0.226 e. The molecule has 0 fully saturated rings. The Balaban J connectivity index is 1.93. The van der Waals surface area contributed by atoms with Crippen LogP contribution in [0.3, 0.4) is 0 Å². The molecule has 5 nitrogen and oxygen atoms in total. The van der Waals surface area contributed by atoms with E-state index in [2.05, 4.69) is 10.3 Å². The third-order valence-electron chi connectivity index (χ3n) is 2.93. The second-order valence-electron chi connectivity index (χ2n) is 4.41. The summed E-state index contributed by atoms with van der Waals surface area (Å²) >= 11 is 4.91. The van der Waals surface area contributed by atoms with Crippen molar-refractivity contribution in [2.24, 2.45) is 5.73 Å². The standard InChI is InChI=1S/C14H16N4OS/c1-10-16-6-8-18(10)7-5-13(19)17-12-4-2-3-11(9-12)14(15)20/h2-4,6,8-9H,5,7H2,1H3,(H2,15,20)(H,17,19). The van der Waals surface area contributed by atoms with Crippen molar-refractivity contribution in [2.75, 3.05) is 5.32 Å². The summed E-state index contributed by atoms with van der Waals surface area (Å²) in [5.41, 5.74) is 7.00. The molecular weight excluding hydrogens is 272 g/mol. The minimum Gasteiger partial charge on any atom is -0.389 e. The van der Waals surface area contributed by atoms with Gasteiger partial charge in [-0.3, -0.25) is 4.79 Å². The maximum atomic E-state index is 11.9. The lowest BCUT2D eigenvalue weighted by molar-refractivity contribution is -0.116. The van der Waals surface area contributed by atoms with Crippen LogP contribution < -0.4 is 11.1 Å². The molecule has 1 amide bonds. The van der Waals surface area contributed by atoms with Crippen LogP contribution >= 0.6 is 12.2 Å². The molecule has 1 aromatic carbocycles. The minimum atomic E-state index is -0.0572. The molecule has 0 atom stereocenters. The molecule has 0 aliphatic heterocycles. The molecule has 0 aliphatic carbocycles. The zero-order valence-electron chi connectivity index (χ0n) is 11.2. The Morgan fingerprint density at radius 2 is 2.30 bits per heavy atom. The second kappa shape index (κ2) is 6.29. The maximum Gasteiger partial charge on any atom is 0.226 e. The van der Waals surface area contributed by atoms with Gasteiger partial charge in [-0.05, 0) is 19.1 Å². The van der Waals surface area contributed by atoms with E-state index in [9.17, 15) is 4.79 Å². The van der Waals surface area contributed by atoms with Crippen molar-refractivity contribution in [3.63, 3.8) is 0 Å². The monoisotopic (exact) mass is 288 g/mol. The minimum absolute atomic E-state index is 0.0572. The van der Waals surface area contributed by atoms with E-state index in [4.69, 9.17) is 18.0 Å². The molecular formula is C14H16N4OS. The van der Waals surface area contributed by atoms with Gasteiger partial charge in [0.05, 0.1) is 0 Å². The van der Waals surface area contributed by atoms with Crippen molar-refractivity contribution in [2.45, 2.75) is 19.9 Å². The van der Waals surface area contributed by atoms with E-state index in [1.54, 1.807) is 12.3 Å². The van der Waals surface area contributed by atoms with Gasteiger partial charge in [0.2, 0.25) is 5.91 Å². The third kappa shape index (κ3) is 3.64. The van der Waals surface area contributed by atoms with Gasteiger partial charge in [-0.1, -0.05) is 24.4 Å². The number of hydrogen-bond donors (Lipinski definition) is 2. The van der Waals surface area contributed by atoms with Gasteiger partial charge >= 0.3 is 0 Å². The Morgan fingerprint density at radius 3 is 2.95 bits per heavy atom. The first-order chi connectivity index (χ1) is 9.56. The zero-order chi connectivity index (χ0) is 14.5. The summed E-state index contributed by atoms with van der Waals surface area (Å²) in [4.78, 5) is 16.3. The van der Waals surface area contributed by atoms with Crippen molar-refractivity contribution >= 4 is 28.8 Å². The molecule has 2 aromatic rings. The van der Waals surface area contributed by atoms with Crippen molar-refractivity contribution in [3.05, 3.63) is 48.0 Å². The van der Waals surface area contributed by atoms with Crippen LogP contribution in [-0.2, 0) is 11.3 Å². The van der Waals surface area contributed by atoms with E-state index < -0.39 is 0 Å². The highest BCUT2D eigenvalue weighted by atomic mass is 32.1. The summed E-state index contributed by atoms with van der Waals surface area (Å²) < 4.78 is 1.94. The van der Waals surface area contributed by atoms with Gasteiger partial charge in [-0.2, -0.15) is 0 Å². The van der Waals surface area contributed by atoms with E-state index in [1.807, 2.05) is 35.9 Å².